The van der Waals surface area contributed by atoms with Crippen molar-refractivity contribution in [3.63, 3.8) is 0 Å². The first-order chi connectivity index (χ1) is 12.9. The third-order valence-electron chi connectivity index (χ3n) is 6.10. The molecule has 2 aromatic carbocycles. The number of nitrogens with zero attached hydrogens (tertiary/aromatic N) is 2. The van der Waals surface area contributed by atoms with Crippen LogP contribution in [0.25, 0.3) is 0 Å². The van der Waals surface area contributed by atoms with Crippen molar-refractivity contribution < 1.29 is 22.7 Å². The molecule has 0 aliphatic carbocycles. The van der Waals surface area contributed by atoms with Gasteiger partial charge in [-0.1, -0.05) is 36.4 Å². The summed E-state index contributed by atoms with van der Waals surface area (Å²) in [5.41, 5.74) is 1.78. The van der Waals surface area contributed by atoms with Gasteiger partial charge in [0.2, 0.25) is 0 Å². The van der Waals surface area contributed by atoms with Gasteiger partial charge in [0.05, 0.1) is 11.5 Å². The molecule has 0 radical (unpaired) electrons. The Morgan fingerprint density at radius 3 is 2.63 bits per heavy atom. The number of fused-ring (bicyclic) bond motifs is 3. The molecule has 1 amide bonds. The summed E-state index contributed by atoms with van der Waals surface area (Å²) in [6.45, 7) is 0.0411. The number of hydrogen-bond acceptors (Lipinski definition) is 3. The monoisotopic (exact) mass is 374 g/mol. The van der Waals surface area contributed by atoms with Crippen LogP contribution in [-0.2, 0) is 10.2 Å². The molecule has 1 saturated heterocycles. The molecule has 3 heterocycles. The van der Waals surface area contributed by atoms with Crippen LogP contribution in [0, 0.1) is 0 Å². The summed E-state index contributed by atoms with van der Waals surface area (Å²) in [4.78, 5) is 15.2. The smallest absolute Gasteiger partial charge is 0.469 e. The number of rotatable bonds is 0. The second-order valence-electron chi connectivity index (χ2n) is 7.33. The standard InChI is InChI=1S/C20H17F3N2O2/c1-24-14-8-4-3-7-13(14)19-10-11-25(17(26)20(21,22)23)16(19)12-6-2-5-9-15(12)27-18(19)24/h2-9,16,18H,10-11H2,1H3/t16-,18-,19+/m0/s1. The fourth-order valence-electron chi connectivity index (χ4n) is 5.11. The van der Waals surface area contributed by atoms with Gasteiger partial charge in [0, 0.05) is 24.8 Å². The van der Waals surface area contributed by atoms with E-state index in [2.05, 4.69) is 0 Å². The van der Waals surface area contributed by atoms with Crippen LogP contribution in [0.1, 0.15) is 23.6 Å². The average Bonchev–Trinajstić information content (AvgIpc) is 3.16. The first-order valence-electron chi connectivity index (χ1n) is 8.81. The number of para-hydroxylation sites is 2. The number of halogens is 3. The summed E-state index contributed by atoms with van der Waals surface area (Å²) in [7, 11) is 1.89. The van der Waals surface area contributed by atoms with Crippen LogP contribution < -0.4 is 9.64 Å². The number of anilines is 1. The van der Waals surface area contributed by atoms with Crippen LogP contribution in [0.4, 0.5) is 18.9 Å². The summed E-state index contributed by atoms with van der Waals surface area (Å²) >= 11 is 0. The number of alkyl halides is 3. The van der Waals surface area contributed by atoms with Crippen LogP contribution in [0.15, 0.2) is 48.5 Å². The number of hydrogen-bond donors (Lipinski definition) is 0. The summed E-state index contributed by atoms with van der Waals surface area (Å²) in [5.74, 6) is -1.25. The molecule has 3 atom stereocenters. The Morgan fingerprint density at radius 1 is 1.15 bits per heavy atom. The van der Waals surface area contributed by atoms with E-state index in [0.29, 0.717) is 17.7 Å². The lowest BCUT2D eigenvalue weighted by molar-refractivity contribution is -0.187. The van der Waals surface area contributed by atoms with Gasteiger partial charge in [-0.15, -0.1) is 0 Å². The maximum atomic E-state index is 13.3. The van der Waals surface area contributed by atoms with Crippen molar-refractivity contribution in [3.05, 3.63) is 59.7 Å². The predicted octanol–water partition coefficient (Wildman–Crippen LogP) is 3.63. The van der Waals surface area contributed by atoms with Gasteiger partial charge in [0.25, 0.3) is 0 Å². The van der Waals surface area contributed by atoms with Crippen molar-refractivity contribution in [3.8, 4) is 5.75 Å². The van der Waals surface area contributed by atoms with E-state index in [9.17, 15) is 18.0 Å². The van der Waals surface area contributed by atoms with E-state index in [1.54, 1.807) is 24.3 Å². The molecule has 2 aromatic rings. The molecule has 27 heavy (non-hydrogen) atoms. The van der Waals surface area contributed by atoms with Gasteiger partial charge in [-0.3, -0.25) is 4.79 Å². The van der Waals surface area contributed by atoms with Gasteiger partial charge >= 0.3 is 12.1 Å². The van der Waals surface area contributed by atoms with E-state index in [1.807, 2.05) is 36.2 Å². The van der Waals surface area contributed by atoms with Crippen molar-refractivity contribution in [1.29, 1.82) is 0 Å². The Kier molecular flexibility index (Phi) is 3.16. The predicted molar refractivity (Wildman–Crippen MR) is 92.5 cm³/mol. The SMILES string of the molecule is CN1c2ccccc2[C@]23CCN(C(=O)C(F)(F)F)[C@H]2c2ccccc2O[C@H]13. The normalized spacial score (nSPS) is 28.1. The Hall–Kier alpha value is -2.70. The number of ether oxygens (including phenoxy) is 1. The molecule has 3 aliphatic rings. The summed E-state index contributed by atoms with van der Waals surface area (Å²) in [6, 6.07) is 14.0. The Balaban J connectivity index is 1.76. The summed E-state index contributed by atoms with van der Waals surface area (Å²) < 4.78 is 46.2. The first kappa shape index (κ1) is 16.5. The van der Waals surface area contributed by atoms with E-state index >= 15 is 0 Å². The molecule has 4 nitrogen and oxygen atoms in total. The second-order valence-corrected chi connectivity index (χ2v) is 7.33. The molecule has 0 N–H and O–H groups in total. The highest BCUT2D eigenvalue weighted by molar-refractivity contribution is 5.84. The fourth-order valence-corrected chi connectivity index (χ4v) is 5.11. The molecular weight excluding hydrogens is 357 g/mol. The van der Waals surface area contributed by atoms with Crippen LogP contribution in [-0.4, -0.2) is 36.8 Å². The molecule has 1 spiro atoms. The molecule has 140 valence electrons. The zero-order valence-electron chi connectivity index (χ0n) is 14.5. The quantitative estimate of drug-likeness (QED) is 0.706. The van der Waals surface area contributed by atoms with E-state index in [-0.39, 0.29) is 6.54 Å². The van der Waals surface area contributed by atoms with Crippen LogP contribution in [0.5, 0.6) is 5.75 Å². The molecule has 3 aliphatic heterocycles. The minimum Gasteiger partial charge on any atom is -0.469 e. The third kappa shape index (κ3) is 1.97. The lowest BCUT2D eigenvalue weighted by Crippen LogP contribution is -2.54. The largest absolute Gasteiger partial charge is 0.471 e. The van der Waals surface area contributed by atoms with Crippen molar-refractivity contribution in [2.24, 2.45) is 0 Å². The Bertz CT molecular complexity index is 945. The highest BCUT2D eigenvalue weighted by atomic mass is 19.4. The zero-order valence-corrected chi connectivity index (χ0v) is 14.5. The van der Waals surface area contributed by atoms with Crippen molar-refractivity contribution in [2.75, 3.05) is 18.5 Å². The zero-order chi connectivity index (χ0) is 19.0. The van der Waals surface area contributed by atoms with E-state index in [1.165, 1.54) is 0 Å². The first-order valence-corrected chi connectivity index (χ1v) is 8.81. The molecule has 0 bridgehead atoms. The number of likely N-dealkylation sites (tertiary alicyclic amines) is 1. The maximum absolute atomic E-state index is 13.3. The van der Waals surface area contributed by atoms with Crippen LogP contribution in [0.2, 0.25) is 0 Å². The van der Waals surface area contributed by atoms with Gasteiger partial charge in [0.1, 0.15) is 5.75 Å². The number of carbonyl (C=O) groups is 1. The van der Waals surface area contributed by atoms with Gasteiger partial charge in [-0.05, 0) is 24.1 Å². The number of likely N-dealkylation sites (N-methyl/N-ethyl adjacent to an activating group) is 1. The van der Waals surface area contributed by atoms with E-state index in [0.717, 1.165) is 16.2 Å². The second kappa shape index (κ2) is 5.18. The van der Waals surface area contributed by atoms with E-state index in [4.69, 9.17) is 4.74 Å². The molecule has 0 aromatic heterocycles. The topological polar surface area (TPSA) is 32.8 Å². The minimum atomic E-state index is -4.90. The molecular formula is C20H17F3N2O2. The molecule has 1 fully saturated rings. The van der Waals surface area contributed by atoms with Gasteiger partial charge in [0.15, 0.2) is 6.23 Å². The summed E-state index contributed by atoms with van der Waals surface area (Å²) in [5, 5.41) is 0. The van der Waals surface area contributed by atoms with Gasteiger partial charge in [-0.2, -0.15) is 13.2 Å². The lowest BCUT2D eigenvalue weighted by atomic mass is 9.70. The minimum absolute atomic E-state index is 0.0411. The number of benzene rings is 2. The van der Waals surface area contributed by atoms with Crippen molar-refractivity contribution in [1.82, 2.24) is 4.90 Å². The van der Waals surface area contributed by atoms with Gasteiger partial charge in [-0.25, -0.2) is 0 Å². The van der Waals surface area contributed by atoms with Crippen molar-refractivity contribution in [2.45, 2.75) is 30.3 Å². The van der Waals surface area contributed by atoms with Crippen LogP contribution >= 0.6 is 0 Å². The third-order valence-corrected chi connectivity index (χ3v) is 6.10. The molecule has 7 heteroatoms. The van der Waals surface area contributed by atoms with Crippen LogP contribution in [0.3, 0.4) is 0 Å². The van der Waals surface area contributed by atoms with Gasteiger partial charge < -0.3 is 14.5 Å². The number of amides is 1. The summed E-state index contributed by atoms with van der Waals surface area (Å²) in [6.07, 6.45) is -4.95. The highest BCUT2D eigenvalue weighted by Crippen LogP contribution is 2.62. The fraction of sp³-hybridized carbons (Fsp3) is 0.350. The van der Waals surface area contributed by atoms with Crippen molar-refractivity contribution >= 4 is 11.6 Å². The van der Waals surface area contributed by atoms with E-state index < -0.39 is 29.8 Å². The Labute approximate surface area is 154 Å². The lowest BCUT2D eigenvalue weighted by Gasteiger charge is -2.45. The molecule has 0 unspecified atom stereocenters. The molecule has 5 rings (SSSR count). The number of carbonyl (C=O) groups excluding carboxylic acids is 1. The highest BCUT2D eigenvalue weighted by Gasteiger charge is 2.66. The maximum Gasteiger partial charge on any atom is 0.471 e. The average molecular weight is 374 g/mol. The Morgan fingerprint density at radius 2 is 1.85 bits per heavy atom. The molecule has 0 saturated carbocycles.